The second-order valence-electron chi connectivity index (χ2n) is 3.77. The van der Waals surface area contributed by atoms with Gasteiger partial charge >= 0.3 is 0 Å². The predicted octanol–water partition coefficient (Wildman–Crippen LogP) is 1.58. The van der Waals surface area contributed by atoms with E-state index in [0.717, 1.165) is 10.0 Å². The lowest BCUT2D eigenvalue weighted by Gasteiger charge is -2.16. The normalized spacial score (nSPS) is 11.4. The molecule has 1 aromatic rings. The molecule has 0 spiro atoms. The molecule has 0 saturated carbocycles. The number of rotatable bonds is 3. The molecule has 6 heteroatoms. The number of aryl methyl sites for hydroxylation is 1. The molecule has 17 heavy (non-hydrogen) atoms. The van der Waals surface area contributed by atoms with Gasteiger partial charge in [0, 0.05) is 17.1 Å². The Morgan fingerprint density at radius 1 is 1.53 bits per heavy atom. The van der Waals surface area contributed by atoms with Crippen molar-refractivity contribution in [2.45, 2.75) is 6.92 Å². The summed E-state index contributed by atoms with van der Waals surface area (Å²) in [6.45, 7) is 1.99. The highest BCUT2D eigenvalue weighted by atomic mass is 79.9. The Morgan fingerprint density at radius 2 is 2.18 bits per heavy atom. The number of nitrogens with two attached hydrogens (primary N) is 1. The standard InChI is InChI=1S/C11H14BrN3O2/c1-7-3-8(5-9(12)4-7)11(16)15(2)6-10(13)14-17/h3-5,17H,6H2,1-2H3,(H2,13,14). The fourth-order valence-corrected chi connectivity index (χ4v) is 2.03. The molecule has 0 aliphatic carbocycles. The molecule has 0 fully saturated rings. The first-order chi connectivity index (χ1) is 7.93. The summed E-state index contributed by atoms with van der Waals surface area (Å²) in [6.07, 6.45) is 0. The van der Waals surface area contributed by atoms with Gasteiger partial charge < -0.3 is 15.8 Å². The zero-order valence-electron chi connectivity index (χ0n) is 9.64. The summed E-state index contributed by atoms with van der Waals surface area (Å²) in [4.78, 5) is 13.4. The molecule has 0 bridgehead atoms. The summed E-state index contributed by atoms with van der Waals surface area (Å²) in [7, 11) is 1.59. The van der Waals surface area contributed by atoms with Crippen LogP contribution in [0.25, 0.3) is 0 Å². The van der Waals surface area contributed by atoms with Crippen LogP contribution in [0.15, 0.2) is 27.8 Å². The number of carbonyl (C=O) groups is 1. The number of benzene rings is 1. The fraction of sp³-hybridized carbons (Fsp3) is 0.273. The van der Waals surface area contributed by atoms with Gasteiger partial charge in [0.1, 0.15) is 0 Å². The van der Waals surface area contributed by atoms with Crippen LogP contribution in [0.3, 0.4) is 0 Å². The van der Waals surface area contributed by atoms with Crippen LogP contribution in [0.4, 0.5) is 0 Å². The van der Waals surface area contributed by atoms with E-state index in [2.05, 4.69) is 21.1 Å². The Bertz CT molecular complexity index is 440. The van der Waals surface area contributed by atoms with Crippen LogP contribution in [0.1, 0.15) is 15.9 Å². The zero-order chi connectivity index (χ0) is 13.0. The first-order valence-corrected chi connectivity index (χ1v) is 5.72. The zero-order valence-corrected chi connectivity index (χ0v) is 11.2. The number of hydrogen-bond acceptors (Lipinski definition) is 3. The van der Waals surface area contributed by atoms with E-state index >= 15 is 0 Å². The van der Waals surface area contributed by atoms with Crippen LogP contribution >= 0.6 is 15.9 Å². The SMILES string of the molecule is Cc1cc(Br)cc(C(=O)N(C)C/C(N)=N/O)c1. The van der Waals surface area contributed by atoms with E-state index in [1.54, 1.807) is 19.2 Å². The molecule has 0 radical (unpaired) electrons. The Hall–Kier alpha value is -1.56. The van der Waals surface area contributed by atoms with Crippen molar-refractivity contribution in [3.8, 4) is 0 Å². The second kappa shape index (κ2) is 5.67. The van der Waals surface area contributed by atoms with Gasteiger partial charge in [-0.05, 0) is 30.7 Å². The monoisotopic (exact) mass is 299 g/mol. The van der Waals surface area contributed by atoms with E-state index in [1.807, 2.05) is 13.0 Å². The summed E-state index contributed by atoms with van der Waals surface area (Å²) in [5.74, 6) is -0.187. The average molecular weight is 300 g/mol. The predicted molar refractivity (Wildman–Crippen MR) is 69.2 cm³/mol. The molecule has 1 amide bonds. The van der Waals surface area contributed by atoms with Crippen LogP contribution < -0.4 is 5.73 Å². The van der Waals surface area contributed by atoms with Crippen molar-refractivity contribution in [1.82, 2.24) is 4.90 Å². The third-order valence-corrected chi connectivity index (χ3v) is 2.62. The molecule has 92 valence electrons. The molecule has 1 aromatic carbocycles. The summed E-state index contributed by atoms with van der Waals surface area (Å²) in [5.41, 5.74) is 6.89. The molecule has 5 nitrogen and oxygen atoms in total. The maximum Gasteiger partial charge on any atom is 0.254 e. The van der Waals surface area contributed by atoms with Crippen LogP contribution in [0.5, 0.6) is 0 Å². The fourth-order valence-electron chi connectivity index (χ4n) is 1.43. The maximum absolute atomic E-state index is 12.0. The number of carbonyl (C=O) groups excluding carboxylic acids is 1. The van der Waals surface area contributed by atoms with Crippen molar-refractivity contribution in [3.63, 3.8) is 0 Å². The van der Waals surface area contributed by atoms with Gasteiger partial charge in [0.05, 0.1) is 6.54 Å². The lowest BCUT2D eigenvalue weighted by Crippen LogP contribution is -2.35. The van der Waals surface area contributed by atoms with Gasteiger partial charge in [0.25, 0.3) is 5.91 Å². The third kappa shape index (κ3) is 3.74. The lowest BCUT2D eigenvalue weighted by atomic mass is 10.1. The number of likely N-dealkylation sites (N-methyl/N-ethyl adjacent to an activating group) is 1. The number of nitrogens with zero attached hydrogens (tertiary/aromatic N) is 2. The van der Waals surface area contributed by atoms with E-state index in [9.17, 15) is 4.79 Å². The van der Waals surface area contributed by atoms with E-state index in [0.29, 0.717) is 5.56 Å². The molecule has 1 rings (SSSR count). The van der Waals surface area contributed by atoms with Gasteiger partial charge in [-0.3, -0.25) is 4.79 Å². The minimum Gasteiger partial charge on any atom is -0.409 e. The molecule has 0 aliphatic heterocycles. The van der Waals surface area contributed by atoms with Crippen molar-refractivity contribution in [2.24, 2.45) is 10.9 Å². The van der Waals surface area contributed by atoms with Crippen molar-refractivity contribution in [2.75, 3.05) is 13.6 Å². The second-order valence-corrected chi connectivity index (χ2v) is 4.69. The van der Waals surface area contributed by atoms with Crippen molar-refractivity contribution in [3.05, 3.63) is 33.8 Å². The van der Waals surface area contributed by atoms with E-state index in [-0.39, 0.29) is 18.3 Å². The summed E-state index contributed by atoms with van der Waals surface area (Å²) < 4.78 is 0.845. The van der Waals surface area contributed by atoms with Gasteiger partial charge in [-0.1, -0.05) is 21.1 Å². The van der Waals surface area contributed by atoms with Gasteiger partial charge in [-0.25, -0.2) is 0 Å². The highest BCUT2D eigenvalue weighted by Crippen LogP contribution is 2.16. The Labute approximate surface area is 108 Å². The number of oxime groups is 1. The number of halogens is 1. The van der Waals surface area contributed by atoms with E-state index < -0.39 is 0 Å². The van der Waals surface area contributed by atoms with Crippen LogP contribution in [0.2, 0.25) is 0 Å². The van der Waals surface area contributed by atoms with Crippen molar-refractivity contribution in [1.29, 1.82) is 0 Å². The number of amidine groups is 1. The van der Waals surface area contributed by atoms with Crippen LogP contribution in [-0.4, -0.2) is 35.4 Å². The molecular formula is C11H14BrN3O2. The molecule has 0 aliphatic rings. The Morgan fingerprint density at radius 3 is 2.71 bits per heavy atom. The summed E-state index contributed by atoms with van der Waals surface area (Å²) in [6, 6.07) is 5.44. The smallest absolute Gasteiger partial charge is 0.254 e. The van der Waals surface area contributed by atoms with Gasteiger partial charge in [0.15, 0.2) is 5.84 Å². The Balaban J connectivity index is 2.88. The van der Waals surface area contributed by atoms with Crippen LogP contribution in [-0.2, 0) is 0 Å². The number of hydrogen-bond donors (Lipinski definition) is 2. The first-order valence-electron chi connectivity index (χ1n) is 4.93. The summed E-state index contributed by atoms with van der Waals surface area (Å²) >= 11 is 3.34. The summed E-state index contributed by atoms with van der Waals surface area (Å²) in [5, 5.41) is 11.3. The largest absolute Gasteiger partial charge is 0.409 e. The van der Waals surface area contributed by atoms with E-state index in [4.69, 9.17) is 10.9 Å². The molecule has 0 saturated heterocycles. The minimum absolute atomic E-state index is 0.00688. The van der Waals surface area contributed by atoms with Crippen molar-refractivity contribution < 1.29 is 10.0 Å². The molecule has 0 unspecified atom stereocenters. The third-order valence-electron chi connectivity index (χ3n) is 2.16. The molecule has 0 heterocycles. The lowest BCUT2D eigenvalue weighted by molar-refractivity contribution is 0.0813. The van der Waals surface area contributed by atoms with Crippen molar-refractivity contribution >= 4 is 27.7 Å². The average Bonchev–Trinajstić information content (AvgIpc) is 2.26. The molecule has 3 N–H and O–H groups in total. The molecular weight excluding hydrogens is 286 g/mol. The molecule has 0 aromatic heterocycles. The van der Waals surface area contributed by atoms with Crippen LogP contribution in [0, 0.1) is 6.92 Å². The highest BCUT2D eigenvalue weighted by molar-refractivity contribution is 9.10. The first kappa shape index (κ1) is 13.5. The Kier molecular flexibility index (Phi) is 4.51. The highest BCUT2D eigenvalue weighted by Gasteiger charge is 2.13. The molecule has 0 atom stereocenters. The minimum atomic E-state index is -0.180. The van der Waals surface area contributed by atoms with Gasteiger partial charge in [-0.15, -0.1) is 0 Å². The quantitative estimate of drug-likeness (QED) is 0.385. The topological polar surface area (TPSA) is 78.9 Å². The maximum atomic E-state index is 12.0. The van der Waals surface area contributed by atoms with Gasteiger partial charge in [0.2, 0.25) is 0 Å². The van der Waals surface area contributed by atoms with Gasteiger partial charge in [-0.2, -0.15) is 0 Å². The van der Waals surface area contributed by atoms with E-state index in [1.165, 1.54) is 4.90 Å². The number of amides is 1.